The highest BCUT2D eigenvalue weighted by molar-refractivity contribution is 7.07. The van der Waals surface area contributed by atoms with E-state index in [0.29, 0.717) is 13.2 Å². The maximum Gasteiger partial charge on any atom is 0.205 e. The molecule has 3 rings (SSSR count). The lowest BCUT2D eigenvalue weighted by atomic mass is 10.2. The Kier molecular flexibility index (Phi) is 4.06. The summed E-state index contributed by atoms with van der Waals surface area (Å²) < 4.78 is 12.9. The molecule has 1 aliphatic rings. The molecule has 0 amide bonds. The molecule has 0 saturated heterocycles. The van der Waals surface area contributed by atoms with Crippen molar-refractivity contribution in [1.82, 2.24) is 4.68 Å². The van der Waals surface area contributed by atoms with Crippen LogP contribution in [-0.2, 0) is 0 Å². The fourth-order valence-electron chi connectivity index (χ4n) is 2.03. The van der Waals surface area contributed by atoms with E-state index in [9.17, 15) is 0 Å². The van der Waals surface area contributed by atoms with E-state index in [1.807, 2.05) is 42.9 Å². The second kappa shape index (κ2) is 6.13. The van der Waals surface area contributed by atoms with Crippen molar-refractivity contribution in [1.29, 1.82) is 0 Å². The molecule has 0 bridgehead atoms. The lowest BCUT2D eigenvalue weighted by molar-refractivity contribution is 0.171. The summed E-state index contributed by atoms with van der Waals surface area (Å²) in [6.07, 6.45) is 1.81. The van der Waals surface area contributed by atoms with Gasteiger partial charge < -0.3 is 9.47 Å². The molecule has 0 atom stereocenters. The van der Waals surface area contributed by atoms with Gasteiger partial charge >= 0.3 is 0 Å². The first-order valence-electron chi connectivity index (χ1n) is 6.89. The zero-order valence-electron chi connectivity index (χ0n) is 12.1. The first-order chi connectivity index (χ1) is 10.3. The second-order valence-electron chi connectivity index (χ2n) is 4.59. The summed E-state index contributed by atoms with van der Waals surface area (Å²) in [4.78, 5) is 5.34. The van der Waals surface area contributed by atoms with Crippen molar-refractivity contribution in [3.63, 3.8) is 0 Å². The van der Waals surface area contributed by atoms with Gasteiger partial charge in [0, 0.05) is 11.9 Å². The Morgan fingerprint density at radius 3 is 2.90 bits per heavy atom. The molecule has 0 radical (unpaired) electrons. The van der Waals surface area contributed by atoms with Gasteiger partial charge in [-0.05, 0) is 37.6 Å². The standard InChI is InChI=1S/C15H17N3O2S/c1-3-16-15-18(11(2)10-21-15)17-9-12-4-5-13-14(8-12)20-7-6-19-13/h4-5,8-10H,3,6-7H2,1-2H3/b16-15?,17-9+. The van der Waals surface area contributed by atoms with Crippen LogP contribution in [0.15, 0.2) is 33.7 Å². The van der Waals surface area contributed by atoms with Crippen molar-refractivity contribution < 1.29 is 9.47 Å². The molecule has 5 nitrogen and oxygen atoms in total. The SMILES string of the molecule is CCN=c1scc(C)n1/N=C/c1ccc2c(c1)OCCO2. The largest absolute Gasteiger partial charge is 0.486 e. The third-order valence-electron chi connectivity index (χ3n) is 3.03. The zero-order chi connectivity index (χ0) is 14.7. The number of nitrogens with zero attached hydrogens (tertiary/aromatic N) is 3. The number of benzene rings is 1. The van der Waals surface area contributed by atoms with Crippen molar-refractivity contribution in [2.45, 2.75) is 13.8 Å². The molecule has 0 unspecified atom stereocenters. The molecule has 0 spiro atoms. The molecule has 1 aromatic carbocycles. The number of hydrogen-bond acceptors (Lipinski definition) is 5. The van der Waals surface area contributed by atoms with E-state index in [0.717, 1.165) is 34.1 Å². The van der Waals surface area contributed by atoms with Gasteiger partial charge in [0.05, 0.1) is 11.9 Å². The molecule has 0 fully saturated rings. The first kappa shape index (κ1) is 13.9. The predicted octanol–water partition coefficient (Wildman–Crippen LogP) is 2.43. The van der Waals surface area contributed by atoms with Gasteiger partial charge in [-0.15, -0.1) is 11.3 Å². The Morgan fingerprint density at radius 2 is 2.10 bits per heavy atom. The number of rotatable bonds is 3. The maximum absolute atomic E-state index is 5.58. The van der Waals surface area contributed by atoms with Gasteiger partial charge in [0.2, 0.25) is 4.80 Å². The molecule has 2 aromatic rings. The minimum atomic E-state index is 0.589. The molecular weight excluding hydrogens is 286 g/mol. The van der Waals surface area contributed by atoms with E-state index in [1.165, 1.54) is 0 Å². The maximum atomic E-state index is 5.58. The predicted molar refractivity (Wildman–Crippen MR) is 83.6 cm³/mol. The van der Waals surface area contributed by atoms with E-state index >= 15 is 0 Å². The van der Waals surface area contributed by atoms with Crippen LogP contribution in [0, 0.1) is 6.92 Å². The molecule has 21 heavy (non-hydrogen) atoms. The minimum absolute atomic E-state index is 0.589. The summed E-state index contributed by atoms with van der Waals surface area (Å²) in [5.74, 6) is 1.56. The monoisotopic (exact) mass is 303 g/mol. The number of thiazole rings is 1. The number of hydrogen-bond donors (Lipinski definition) is 0. The second-order valence-corrected chi connectivity index (χ2v) is 5.43. The number of fused-ring (bicyclic) bond motifs is 1. The van der Waals surface area contributed by atoms with Crippen LogP contribution in [0.2, 0.25) is 0 Å². The van der Waals surface area contributed by atoms with Crippen LogP contribution in [0.25, 0.3) is 0 Å². The van der Waals surface area contributed by atoms with Gasteiger partial charge in [-0.25, -0.2) is 4.68 Å². The molecule has 0 aliphatic carbocycles. The van der Waals surface area contributed by atoms with E-state index in [-0.39, 0.29) is 0 Å². The molecule has 110 valence electrons. The Bertz CT molecular complexity index is 731. The fraction of sp³-hybridized carbons (Fsp3) is 0.333. The summed E-state index contributed by atoms with van der Waals surface area (Å²) in [7, 11) is 0. The molecule has 0 N–H and O–H groups in total. The van der Waals surface area contributed by atoms with Crippen LogP contribution in [0.4, 0.5) is 0 Å². The first-order valence-corrected chi connectivity index (χ1v) is 7.77. The topological polar surface area (TPSA) is 48.1 Å². The smallest absolute Gasteiger partial charge is 0.205 e. The van der Waals surface area contributed by atoms with Gasteiger partial charge in [-0.3, -0.25) is 4.99 Å². The Morgan fingerprint density at radius 1 is 1.29 bits per heavy atom. The van der Waals surface area contributed by atoms with Crippen LogP contribution in [0.3, 0.4) is 0 Å². The third kappa shape index (κ3) is 3.00. The van der Waals surface area contributed by atoms with Crippen LogP contribution in [0.5, 0.6) is 11.5 Å². The summed E-state index contributed by atoms with van der Waals surface area (Å²) in [5, 5.41) is 6.57. The number of aryl methyl sites for hydroxylation is 1. The van der Waals surface area contributed by atoms with E-state index in [4.69, 9.17) is 9.47 Å². The summed E-state index contributed by atoms with van der Waals surface area (Å²) in [6.45, 7) is 5.98. The highest BCUT2D eigenvalue weighted by Gasteiger charge is 2.10. The molecule has 1 aliphatic heterocycles. The minimum Gasteiger partial charge on any atom is -0.486 e. The van der Waals surface area contributed by atoms with Crippen molar-refractivity contribution in [2.24, 2.45) is 10.1 Å². The molecule has 2 heterocycles. The van der Waals surface area contributed by atoms with Gasteiger partial charge in [0.1, 0.15) is 13.2 Å². The van der Waals surface area contributed by atoms with E-state index in [2.05, 4.69) is 15.5 Å². The van der Waals surface area contributed by atoms with E-state index in [1.54, 1.807) is 11.3 Å². The van der Waals surface area contributed by atoms with Crippen molar-refractivity contribution in [3.8, 4) is 11.5 Å². The lowest BCUT2D eigenvalue weighted by Gasteiger charge is -2.18. The number of aromatic nitrogens is 1. The van der Waals surface area contributed by atoms with Crippen molar-refractivity contribution in [2.75, 3.05) is 19.8 Å². The molecule has 6 heteroatoms. The highest BCUT2D eigenvalue weighted by Crippen LogP contribution is 2.30. The summed E-state index contributed by atoms with van der Waals surface area (Å²) in [6, 6.07) is 5.82. The third-order valence-corrected chi connectivity index (χ3v) is 4.00. The van der Waals surface area contributed by atoms with Gasteiger partial charge in [-0.1, -0.05) is 0 Å². The van der Waals surface area contributed by atoms with Gasteiger partial charge in [0.15, 0.2) is 11.5 Å². The highest BCUT2D eigenvalue weighted by atomic mass is 32.1. The lowest BCUT2D eigenvalue weighted by Crippen LogP contribution is -2.15. The molecule has 0 saturated carbocycles. The fourth-order valence-corrected chi connectivity index (χ4v) is 2.90. The van der Waals surface area contributed by atoms with Crippen LogP contribution >= 0.6 is 11.3 Å². The average Bonchev–Trinajstić information content (AvgIpc) is 2.86. The Hall–Kier alpha value is -2.08. The Balaban J connectivity index is 1.90. The summed E-state index contributed by atoms with van der Waals surface area (Å²) >= 11 is 1.60. The van der Waals surface area contributed by atoms with Crippen molar-refractivity contribution >= 4 is 17.6 Å². The normalized spacial score (nSPS) is 14.9. The van der Waals surface area contributed by atoms with Crippen LogP contribution in [-0.4, -0.2) is 30.6 Å². The Labute approximate surface area is 127 Å². The molecule has 1 aromatic heterocycles. The zero-order valence-corrected chi connectivity index (χ0v) is 12.9. The van der Waals surface area contributed by atoms with Crippen molar-refractivity contribution in [3.05, 3.63) is 39.6 Å². The summed E-state index contributed by atoms with van der Waals surface area (Å²) in [5.41, 5.74) is 2.04. The van der Waals surface area contributed by atoms with E-state index < -0.39 is 0 Å². The van der Waals surface area contributed by atoms with Gasteiger partial charge in [0.25, 0.3) is 0 Å². The quantitative estimate of drug-likeness (QED) is 0.818. The van der Waals surface area contributed by atoms with Crippen LogP contribution in [0.1, 0.15) is 18.2 Å². The molecular formula is C15H17N3O2S. The van der Waals surface area contributed by atoms with Gasteiger partial charge in [-0.2, -0.15) is 5.10 Å². The van der Waals surface area contributed by atoms with Crippen LogP contribution < -0.4 is 14.3 Å². The number of ether oxygens (including phenoxy) is 2. The average molecular weight is 303 g/mol.